The number of aromatic carboxylic acids is 1. The number of aryl methyl sites for hydroxylation is 1. The molecule has 0 atom stereocenters. The second-order valence-electron chi connectivity index (χ2n) is 5.10. The van der Waals surface area contributed by atoms with E-state index in [2.05, 4.69) is 0 Å². The quantitative estimate of drug-likeness (QED) is 0.805. The van der Waals surface area contributed by atoms with Gasteiger partial charge < -0.3 is 14.4 Å². The maximum atomic E-state index is 13.1. The van der Waals surface area contributed by atoms with E-state index in [0.29, 0.717) is 10.7 Å². The minimum absolute atomic E-state index is 0.0348. The van der Waals surface area contributed by atoms with Gasteiger partial charge in [0.05, 0.1) is 12.3 Å². The molecule has 0 saturated heterocycles. The van der Waals surface area contributed by atoms with Crippen molar-refractivity contribution in [3.63, 3.8) is 0 Å². The molecule has 0 aliphatic carbocycles. The smallest absolute Gasteiger partial charge is 0.339 e. The van der Waals surface area contributed by atoms with Crippen LogP contribution in [0.1, 0.15) is 21.9 Å². The van der Waals surface area contributed by atoms with E-state index < -0.39 is 17.6 Å². The van der Waals surface area contributed by atoms with Crippen LogP contribution in [-0.4, -0.2) is 34.7 Å². The Morgan fingerprint density at radius 1 is 1.25 bits per heavy atom. The number of hydrogen-bond acceptors (Lipinski definition) is 4. The first-order valence-corrected chi connectivity index (χ1v) is 7.91. The van der Waals surface area contributed by atoms with E-state index in [1.54, 1.807) is 7.05 Å². The normalized spacial score (nSPS) is 10.7. The lowest BCUT2D eigenvalue weighted by molar-refractivity contribution is -0.127. The number of carboxylic acid groups (broad SMARTS) is 1. The summed E-state index contributed by atoms with van der Waals surface area (Å²) in [6.45, 7) is 1.65. The number of furan rings is 1. The summed E-state index contributed by atoms with van der Waals surface area (Å²) in [5.41, 5.74) is 0.0574. The highest BCUT2D eigenvalue weighted by molar-refractivity contribution is 8.00. The van der Waals surface area contributed by atoms with Crippen LogP contribution in [0.4, 0.5) is 8.78 Å². The third-order valence-corrected chi connectivity index (χ3v) is 4.25. The van der Waals surface area contributed by atoms with Gasteiger partial charge in [-0.05, 0) is 31.2 Å². The van der Waals surface area contributed by atoms with Gasteiger partial charge in [0, 0.05) is 11.9 Å². The van der Waals surface area contributed by atoms with E-state index >= 15 is 0 Å². The van der Waals surface area contributed by atoms with Crippen LogP contribution < -0.4 is 0 Å². The molecule has 1 aromatic carbocycles. The zero-order valence-electron chi connectivity index (χ0n) is 13.0. The molecular weight excluding hydrogens is 340 g/mol. The van der Waals surface area contributed by atoms with Crippen molar-refractivity contribution in [2.75, 3.05) is 12.8 Å². The third kappa shape index (κ3) is 4.35. The Balaban J connectivity index is 1.93. The minimum atomic E-state index is -1.09. The summed E-state index contributed by atoms with van der Waals surface area (Å²) in [5.74, 6) is -2.58. The van der Waals surface area contributed by atoms with Crippen molar-refractivity contribution in [3.05, 3.63) is 53.0 Å². The second-order valence-corrected chi connectivity index (χ2v) is 6.15. The van der Waals surface area contributed by atoms with Crippen LogP contribution in [0.15, 0.2) is 33.6 Å². The van der Waals surface area contributed by atoms with E-state index in [9.17, 15) is 18.4 Å². The minimum Gasteiger partial charge on any atom is -0.478 e. The first kappa shape index (κ1) is 18.0. The fourth-order valence-electron chi connectivity index (χ4n) is 1.98. The van der Waals surface area contributed by atoms with Crippen molar-refractivity contribution >= 4 is 23.6 Å². The zero-order valence-corrected chi connectivity index (χ0v) is 13.8. The molecule has 1 N–H and O–H groups in total. The number of halogens is 2. The van der Waals surface area contributed by atoms with Crippen LogP contribution in [0, 0.1) is 18.6 Å². The standard InChI is InChI=1S/C16H15F2NO4S/c1-9-12(16(21)22)5-10(23-9)7-19(2)15(20)8-24-11-3-4-13(17)14(18)6-11/h3-6H,7-8H2,1-2H3,(H,21,22). The average molecular weight is 355 g/mol. The molecule has 128 valence electrons. The SMILES string of the molecule is Cc1oc(CN(C)C(=O)CSc2ccc(F)c(F)c2)cc1C(=O)O. The Morgan fingerprint density at radius 2 is 1.96 bits per heavy atom. The molecule has 1 aromatic heterocycles. The predicted octanol–water partition coefficient (Wildman–Crippen LogP) is 3.32. The Labute approximate surface area is 141 Å². The number of thioether (sulfide) groups is 1. The van der Waals surface area contributed by atoms with Crippen molar-refractivity contribution in [3.8, 4) is 0 Å². The largest absolute Gasteiger partial charge is 0.478 e. The number of benzene rings is 1. The maximum Gasteiger partial charge on any atom is 0.339 e. The van der Waals surface area contributed by atoms with Gasteiger partial charge in [-0.1, -0.05) is 0 Å². The van der Waals surface area contributed by atoms with Crippen molar-refractivity contribution < 1.29 is 27.9 Å². The lowest BCUT2D eigenvalue weighted by Crippen LogP contribution is -2.27. The maximum absolute atomic E-state index is 13.1. The Kier molecular flexibility index (Phi) is 5.61. The lowest BCUT2D eigenvalue weighted by atomic mass is 10.2. The molecule has 8 heteroatoms. The first-order valence-electron chi connectivity index (χ1n) is 6.92. The Hall–Kier alpha value is -2.35. The Bertz CT molecular complexity index is 775. The topological polar surface area (TPSA) is 70.8 Å². The highest BCUT2D eigenvalue weighted by Gasteiger charge is 2.17. The average Bonchev–Trinajstić information content (AvgIpc) is 2.88. The van der Waals surface area contributed by atoms with Gasteiger partial charge in [-0.15, -0.1) is 11.8 Å². The number of nitrogens with zero attached hydrogens (tertiary/aromatic N) is 1. The number of rotatable bonds is 6. The first-order chi connectivity index (χ1) is 11.3. The van der Waals surface area contributed by atoms with E-state index in [0.717, 1.165) is 23.9 Å². The van der Waals surface area contributed by atoms with Gasteiger partial charge in [0.2, 0.25) is 5.91 Å². The van der Waals surface area contributed by atoms with E-state index in [1.807, 2.05) is 0 Å². The second kappa shape index (κ2) is 7.48. The molecule has 2 aromatic rings. The molecule has 2 rings (SSSR count). The van der Waals surface area contributed by atoms with Gasteiger partial charge in [-0.3, -0.25) is 4.79 Å². The molecule has 0 fully saturated rings. The van der Waals surface area contributed by atoms with Gasteiger partial charge in [-0.2, -0.15) is 0 Å². The van der Waals surface area contributed by atoms with Gasteiger partial charge in [-0.25, -0.2) is 13.6 Å². The molecule has 1 heterocycles. The van der Waals surface area contributed by atoms with Crippen molar-refractivity contribution in [2.45, 2.75) is 18.4 Å². The van der Waals surface area contributed by atoms with E-state index in [1.165, 1.54) is 24.0 Å². The molecule has 0 aliphatic rings. The van der Waals surface area contributed by atoms with Crippen LogP contribution in [0.2, 0.25) is 0 Å². The van der Waals surface area contributed by atoms with Crippen molar-refractivity contribution in [2.24, 2.45) is 0 Å². The number of carbonyl (C=O) groups excluding carboxylic acids is 1. The monoisotopic (exact) mass is 355 g/mol. The molecule has 0 saturated carbocycles. The van der Waals surface area contributed by atoms with Crippen LogP contribution in [0.25, 0.3) is 0 Å². The van der Waals surface area contributed by atoms with E-state index in [4.69, 9.17) is 9.52 Å². The van der Waals surface area contributed by atoms with Crippen LogP contribution in [0.3, 0.4) is 0 Å². The number of amides is 1. The molecule has 0 bridgehead atoms. The van der Waals surface area contributed by atoms with Gasteiger partial charge >= 0.3 is 5.97 Å². The number of hydrogen-bond donors (Lipinski definition) is 1. The molecule has 1 amide bonds. The summed E-state index contributed by atoms with van der Waals surface area (Å²) in [5, 5.41) is 8.97. The fourth-order valence-corrected chi connectivity index (χ4v) is 2.84. The fraction of sp³-hybridized carbons (Fsp3) is 0.250. The summed E-state index contributed by atoms with van der Waals surface area (Å²) >= 11 is 1.08. The molecular formula is C16H15F2NO4S. The summed E-state index contributed by atoms with van der Waals surface area (Å²) in [7, 11) is 1.55. The lowest BCUT2D eigenvalue weighted by Gasteiger charge is -2.15. The van der Waals surface area contributed by atoms with Gasteiger partial charge in [0.25, 0.3) is 0 Å². The highest BCUT2D eigenvalue weighted by Crippen LogP contribution is 2.21. The number of carbonyl (C=O) groups is 2. The van der Waals surface area contributed by atoms with Gasteiger partial charge in [0.1, 0.15) is 17.1 Å². The molecule has 5 nitrogen and oxygen atoms in total. The predicted molar refractivity (Wildman–Crippen MR) is 84.0 cm³/mol. The Morgan fingerprint density at radius 3 is 2.54 bits per heavy atom. The summed E-state index contributed by atoms with van der Waals surface area (Å²) in [4.78, 5) is 24.9. The molecule has 24 heavy (non-hydrogen) atoms. The molecule has 0 aliphatic heterocycles. The third-order valence-electron chi connectivity index (χ3n) is 3.27. The summed E-state index contributed by atoms with van der Waals surface area (Å²) < 4.78 is 31.3. The molecule has 0 spiro atoms. The van der Waals surface area contributed by atoms with Crippen LogP contribution in [0.5, 0.6) is 0 Å². The van der Waals surface area contributed by atoms with Gasteiger partial charge in [0.15, 0.2) is 11.6 Å². The summed E-state index contributed by atoms with van der Waals surface area (Å²) in [6, 6.07) is 4.81. The zero-order chi connectivity index (χ0) is 17.9. The van der Waals surface area contributed by atoms with Crippen molar-refractivity contribution in [1.29, 1.82) is 0 Å². The highest BCUT2D eigenvalue weighted by atomic mass is 32.2. The summed E-state index contributed by atoms with van der Waals surface area (Å²) in [6.07, 6.45) is 0. The molecule has 0 unspecified atom stereocenters. The van der Waals surface area contributed by atoms with Crippen LogP contribution in [-0.2, 0) is 11.3 Å². The van der Waals surface area contributed by atoms with Crippen LogP contribution >= 0.6 is 11.8 Å². The van der Waals surface area contributed by atoms with E-state index in [-0.39, 0.29) is 29.5 Å². The molecule has 0 radical (unpaired) electrons. The number of carboxylic acids is 1. The van der Waals surface area contributed by atoms with Crippen molar-refractivity contribution in [1.82, 2.24) is 4.90 Å².